The molecule has 1 fully saturated rings. The van der Waals surface area contributed by atoms with E-state index >= 15 is 0 Å². The average Bonchev–Trinajstić information content (AvgIpc) is 3.11. The molecule has 0 aliphatic carbocycles. The summed E-state index contributed by atoms with van der Waals surface area (Å²) in [5.74, 6) is 0. The van der Waals surface area contributed by atoms with E-state index in [4.69, 9.17) is 4.74 Å². The van der Waals surface area contributed by atoms with Crippen LogP contribution in [0.25, 0.3) is 16.9 Å². The molecule has 2 aromatic heterocycles. The summed E-state index contributed by atoms with van der Waals surface area (Å²) >= 11 is 0. The van der Waals surface area contributed by atoms with Gasteiger partial charge in [0.25, 0.3) is 0 Å². The van der Waals surface area contributed by atoms with Crippen LogP contribution in [0.4, 0.5) is 16.2 Å². The van der Waals surface area contributed by atoms with Gasteiger partial charge in [0.2, 0.25) is 0 Å². The van der Waals surface area contributed by atoms with Crippen molar-refractivity contribution in [2.45, 2.75) is 20.0 Å². The molecule has 4 rings (SSSR count). The Morgan fingerprint density at radius 2 is 2.21 bits per heavy atom. The van der Waals surface area contributed by atoms with Crippen LogP contribution >= 0.6 is 0 Å². The van der Waals surface area contributed by atoms with Crippen molar-refractivity contribution < 1.29 is 9.53 Å². The minimum absolute atomic E-state index is 0.206. The van der Waals surface area contributed by atoms with Crippen LogP contribution < -0.4 is 15.5 Å². The maximum atomic E-state index is 11.8. The van der Waals surface area contributed by atoms with Crippen molar-refractivity contribution in [3.05, 3.63) is 48.8 Å². The third kappa shape index (κ3) is 3.80. The van der Waals surface area contributed by atoms with Crippen LogP contribution in [0.1, 0.15) is 13.8 Å². The summed E-state index contributed by atoms with van der Waals surface area (Å²) < 4.78 is 7.70. The Balaban J connectivity index is 1.60. The lowest BCUT2D eigenvalue weighted by Gasteiger charge is -2.32. The van der Waals surface area contributed by atoms with Crippen molar-refractivity contribution in [1.82, 2.24) is 14.7 Å². The molecule has 28 heavy (non-hydrogen) atoms. The lowest BCUT2D eigenvalue weighted by Crippen LogP contribution is -2.41. The van der Waals surface area contributed by atoms with Gasteiger partial charge in [-0.15, -0.1) is 0 Å². The van der Waals surface area contributed by atoms with Gasteiger partial charge >= 0.3 is 6.03 Å². The van der Waals surface area contributed by atoms with Gasteiger partial charge in [-0.05, 0) is 32.0 Å². The summed E-state index contributed by atoms with van der Waals surface area (Å²) in [6.07, 6.45) is 4.16. The van der Waals surface area contributed by atoms with Gasteiger partial charge in [0.15, 0.2) is 0 Å². The zero-order valence-electron chi connectivity index (χ0n) is 16.2. The van der Waals surface area contributed by atoms with Crippen LogP contribution in [0.5, 0.6) is 0 Å². The van der Waals surface area contributed by atoms with Gasteiger partial charge in [-0.3, -0.25) is 4.40 Å². The van der Waals surface area contributed by atoms with Gasteiger partial charge in [-0.25, -0.2) is 9.78 Å². The number of aromatic nitrogens is 2. The maximum absolute atomic E-state index is 11.8. The number of hydrogen-bond acceptors (Lipinski definition) is 4. The molecule has 1 atom stereocenters. The Morgan fingerprint density at radius 3 is 3.04 bits per heavy atom. The molecule has 1 saturated heterocycles. The predicted molar refractivity (Wildman–Crippen MR) is 111 cm³/mol. The topological polar surface area (TPSA) is 70.9 Å². The minimum atomic E-state index is -0.206. The number of nitrogens with zero attached hydrogens (tertiary/aromatic N) is 3. The second-order valence-electron chi connectivity index (χ2n) is 6.95. The fourth-order valence-electron chi connectivity index (χ4n) is 3.53. The highest BCUT2D eigenvalue weighted by molar-refractivity contribution is 5.90. The lowest BCUT2D eigenvalue weighted by atomic mass is 10.1. The Morgan fingerprint density at radius 1 is 1.32 bits per heavy atom. The van der Waals surface area contributed by atoms with Crippen LogP contribution in [0.15, 0.2) is 48.8 Å². The first kappa shape index (κ1) is 18.3. The third-order valence-electron chi connectivity index (χ3n) is 4.86. The van der Waals surface area contributed by atoms with Gasteiger partial charge in [-0.2, -0.15) is 0 Å². The van der Waals surface area contributed by atoms with Crippen molar-refractivity contribution in [3.63, 3.8) is 0 Å². The highest BCUT2D eigenvalue weighted by Gasteiger charge is 2.18. The Kier molecular flexibility index (Phi) is 5.16. The van der Waals surface area contributed by atoms with Crippen LogP contribution in [-0.4, -0.2) is 47.8 Å². The average molecular weight is 379 g/mol. The zero-order chi connectivity index (χ0) is 19.5. The maximum Gasteiger partial charge on any atom is 0.319 e. The summed E-state index contributed by atoms with van der Waals surface area (Å²) in [7, 11) is 0. The number of anilines is 2. The number of urea groups is 1. The second kappa shape index (κ2) is 7.90. The van der Waals surface area contributed by atoms with Crippen LogP contribution in [-0.2, 0) is 4.74 Å². The van der Waals surface area contributed by atoms with E-state index in [1.807, 2.05) is 37.4 Å². The van der Waals surface area contributed by atoms with Crippen molar-refractivity contribution in [1.29, 1.82) is 0 Å². The largest absolute Gasteiger partial charge is 0.375 e. The second-order valence-corrected chi connectivity index (χ2v) is 6.95. The van der Waals surface area contributed by atoms with E-state index in [0.717, 1.165) is 48.0 Å². The van der Waals surface area contributed by atoms with Crippen LogP contribution in [0, 0.1) is 0 Å². The number of imidazole rings is 1. The molecule has 2 N–H and O–H groups in total. The highest BCUT2D eigenvalue weighted by Crippen LogP contribution is 2.26. The molecule has 1 aromatic carbocycles. The molecule has 0 saturated carbocycles. The molecule has 3 heterocycles. The van der Waals surface area contributed by atoms with E-state index in [9.17, 15) is 4.79 Å². The smallest absolute Gasteiger partial charge is 0.319 e. The monoisotopic (exact) mass is 379 g/mol. The molecule has 0 bridgehead atoms. The number of benzene rings is 1. The summed E-state index contributed by atoms with van der Waals surface area (Å²) in [5, 5.41) is 5.59. The first-order chi connectivity index (χ1) is 13.6. The van der Waals surface area contributed by atoms with E-state index in [0.29, 0.717) is 6.54 Å². The van der Waals surface area contributed by atoms with Gasteiger partial charge in [-0.1, -0.05) is 12.1 Å². The number of carbonyl (C=O) groups is 1. The summed E-state index contributed by atoms with van der Waals surface area (Å²) in [4.78, 5) is 18.7. The number of amides is 2. The Hall–Kier alpha value is -3.06. The SMILES string of the molecule is CCNC(=O)Nc1cccc(-c2cnc3cc(N4CCO[C@H](C)C4)ccn23)c1. The quantitative estimate of drug-likeness (QED) is 0.729. The fraction of sp³-hybridized carbons (Fsp3) is 0.333. The molecular formula is C21H25N5O2. The highest BCUT2D eigenvalue weighted by atomic mass is 16.5. The van der Waals surface area contributed by atoms with Crippen molar-refractivity contribution >= 4 is 23.1 Å². The Bertz CT molecular complexity index is 984. The molecule has 7 nitrogen and oxygen atoms in total. The zero-order valence-corrected chi connectivity index (χ0v) is 16.2. The first-order valence-electron chi connectivity index (χ1n) is 9.63. The van der Waals surface area contributed by atoms with E-state index < -0.39 is 0 Å². The first-order valence-corrected chi connectivity index (χ1v) is 9.63. The molecule has 7 heteroatoms. The molecule has 0 unspecified atom stereocenters. The number of pyridine rings is 1. The third-order valence-corrected chi connectivity index (χ3v) is 4.86. The molecule has 2 amide bonds. The molecule has 0 spiro atoms. The van der Waals surface area contributed by atoms with E-state index in [2.05, 4.69) is 50.2 Å². The fourth-order valence-corrected chi connectivity index (χ4v) is 3.53. The summed E-state index contributed by atoms with van der Waals surface area (Å²) in [6, 6.07) is 11.8. The van der Waals surface area contributed by atoms with E-state index in [1.165, 1.54) is 0 Å². The number of ether oxygens (including phenoxy) is 1. The normalized spacial score (nSPS) is 16.9. The summed E-state index contributed by atoms with van der Waals surface area (Å²) in [6.45, 7) is 7.10. The van der Waals surface area contributed by atoms with E-state index in [1.54, 1.807) is 0 Å². The standard InChI is InChI=1S/C21H25N5O2/c1-3-22-21(27)24-17-6-4-5-16(11-17)19-13-23-20-12-18(7-8-26(19)20)25-9-10-28-15(2)14-25/h4-8,11-13,15H,3,9-10,14H2,1-2H3,(H2,22,24,27)/t15-/m1/s1. The number of fused-ring (bicyclic) bond motifs is 1. The molecule has 0 radical (unpaired) electrons. The molecule has 146 valence electrons. The number of morpholine rings is 1. The van der Waals surface area contributed by atoms with Gasteiger partial charge in [0.05, 0.1) is 24.6 Å². The van der Waals surface area contributed by atoms with Crippen LogP contribution in [0.3, 0.4) is 0 Å². The molecule has 1 aliphatic rings. The summed E-state index contributed by atoms with van der Waals surface area (Å²) in [5.41, 5.74) is 4.78. The van der Waals surface area contributed by atoms with E-state index in [-0.39, 0.29) is 12.1 Å². The molecular weight excluding hydrogens is 354 g/mol. The van der Waals surface area contributed by atoms with Gasteiger partial charge < -0.3 is 20.3 Å². The predicted octanol–water partition coefficient (Wildman–Crippen LogP) is 3.37. The van der Waals surface area contributed by atoms with Crippen molar-refractivity contribution in [2.24, 2.45) is 0 Å². The number of hydrogen-bond donors (Lipinski definition) is 2. The Labute approximate surface area is 164 Å². The molecule has 3 aromatic rings. The number of nitrogens with one attached hydrogen (secondary N) is 2. The minimum Gasteiger partial charge on any atom is -0.375 e. The van der Waals surface area contributed by atoms with Gasteiger partial charge in [0.1, 0.15) is 5.65 Å². The van der Waals surface area contributed by atoms with Gasteiger partial charge in [0, 0.05) is 48.8 Å². The van der Waals surface area contributed by atoms with Crippen LogP contribution in [0.2, 0.25) is 0 Å². The lowest BCUT2D eigenvalue weighted by molar-refractivity contribution is 0.0532. The van der Waals surface area contributed by atoms with Crippen molar-refractivity contribution in [2.75, 3.05) is 36.5 Å². The number of carbonyl (C=O) groups excluding carboxylic acids is 1. The number of rotatable bonds is 4. The van der Waals surface area contributed by atoms with Crippen molar-refractivity contribution in [3.8, 4) is 11.3 Å². The molecule has 1 aliphatic heterocycles.